The second-order valence-corrected chi connectivity index (χ2v) is 4.37. The normalized spacial score (nSPS) is 37.2. The zero-order chi connectivity index (χ0) is 9.14. The van der Waals surface area contributed by atoms with Crippen molar-refractivity contribution < 1.29 is 10.1 Å². The topological polar surface area (TPSA) is 29.5 Å². The Hall–Kier alpha value is -0.0800. The maximum Gasteiger partial charge on any atom is 0.0960 e. The molecular weight excluding hydrogens is 152 g/mol. The molecule has 1 N–H and O–H groups in total. The van der Waals surface area contributed by atoms with Crippen LogP contribution in [0.3, 0.4) is 0 Å². The van der Waals surface area contributed by atoms with Gasteiger partial charge in [0.1, 0.15) is 0 Å². The van der Waals surface area contributed by atoms with Crippen LogP contribution in [-0.4, -0.2) is 11.4 Å². The van der Waals surface area contributed by atoms with Crippen LogP contribution >= 0.6 is 0 Å². The Kier molecular flexibility index (Phi) is 3.53. The fourth-order valence-electron chi connectivity index (χ4n) is 2.60. The van der Waals surface area contributed by atoms with Gasteiger partial charge in [-0.3, -0.25) is 5.26 Å². The van der Waals surface area contributed by atoms with Crippen LogP contribution in [0.25, 0.3) is 0 Å². The summed E-state index contributed by atoms with van der Waals surface area (Å²) in [5.41, 5.74) is 0. The van der Waals surface area contributed by atoms with E-state index in [9.17, 15) is 0 Å². The van der Waals surface area contributed by atoms with Crippen molar-refractivity contribution in [3.05, 3.63) is 0 Å². The molecule has 1 aliphatic carbocycles. The molecule has 0 spiro atoms. The minimum absolute atomic E-state index is 0.0775. The molecule has 0 radical (unpaired) electrons. The number of hydrogen-bond donors (Lipinski definition) is 1. The van der Waals surface area contributed by atoms with Gasteiger partial charge in [-0.05, 0) is 24.2 Å². The molecular formula is C10H20O2. The summed E-state index contributed by atoms with van der Waals surface area (Å²) in [6.07, 6.45) is 3.57. The highest BCUT2D eigenvalue weighted by molar-refractivity contribution is 4.82. The lowest BCUT2D eigenvalue weighted by molar-refractivity contribution is -0.302. The summed E-state index contributed by atoms with van der Waals surface area (Å²) < 4.78 is 0. The molecule has 0 aromatic carbocycles. The van der Waals surface area contributed by atoms with Crippen LogP contribution in [0, 0.1) is 17.8 Å². The van der Waals surface area contributed by atoms with Gasteiger partial charge in [-0.1, -0.05) is 33.6 Å². The third-order valence-electron chi connectivity index (χ3n) is 3.14. The van der Waals surface area contributed by atoms with Crippen LogP contribution in [0.15, 0.2) is 0 Å². The van der Waals surface area contributed by atoms with E-state index in [0.717, 1.165) is 6.42 Å². The van der Waals surface area contributed by atoms with Gasteiger partial charge in [-0.15, -0.1) is 0 Å². The van der Waals surface area contributed by atoms with E-state index in [0.29, 0.717) is 17.8 Å². The highest BCUT2D eigenvalue weighted by Crippen LogP contribution is 2.36. The lowest BCUT2D eigenvalue weighted by Crippen LogP contribution is -2.36. The molecule has 1 fully saturated rings. The molecule has 3 atom stereocenters. The Morgan fingerprint density at radius 2 is 2.00 bits per heavy atom. The average Bonchev–Trinajstić information content (AvgIpc) is 2.03. The molecule has 0 aromatic heterocycles. The van der Waals surface area contributed by atoms with Crippen molar-refractivity contribution in [2.45, 2.75) is 46.1 Å². The molecule has 1 saturated carbocycles. The minimum Gasteiger partial charge on any atom is -0.252 e. The highest BCUT2D eigenvalue weighted by atomic mass is 17.1. The second-order valence-electron chi connectivity index (χ2n) is 4.37. The van der Waals surface area contributed by atoms with Gasteiger partial charge >= 0.3 is 0 Å². The first-order valence-corrected chi connectivity index (χ1v) is 4.97. The quantitative estimate of drug-likeness (QED) is 0.512. The average molecular weight is 172 g/mol. The van der Waals surface area contributed by atoms with Crippen molar-refractivity contribution in [2.75, 3.05) is 0 Å². The van der Waals surface area contributed by atoms with E-state index in [2.05, 4.69) is 25.7 Å². The van der Waals surface area contributed by atoms with Crippen LogP contribution < -0.4 is 0 Å². The van der Waals surface area contributed by atoms with E-state index in [1.165, 1.54) is 12.8 Å². The lowest BCUT2D eigenvalue weighted by Gasteiger charge is -2.37. The Morgan fingerprint density at radius 1 is 1.33 bits per heavy atom. The SMILES string of the molecule is CC(C)C1C(C)CCCC1OO. The molecule has 0 bridgehead atoms. The van der Waals surface area contributed by atoms with E-state index in [1.54, 1.807) is 0 Å². The standard InChI is InChI=1S/C10H20O2/c1-7(2)10-8(3)5-4-6-9(10)12-11/h7-11H,4-6H2,1-3H3. The van der Waals surface area contributed by atoms with Crippen molar-refractivity contribution >= 4 is 0 Å². The summed E-state index contributed by atoms with van der Waals surface area (Å²) in [5, 5.41) is 8.73. The van der Waals surface area contributed by atoms with Crippen molar-refractivity contribution in [3.8, 4) is 0 Å². The van der Waals surface area contributed by atoms with E-state index in [1.807, 2.05) is 0 Å². The van der Waals surface area contributed by atoms with Gasteiger partial charge in [0.25, 0.3) is 0 Å². The maximum absolute atomic E-state index is 8.73. The Labute approximate surface area is 74.9 Å². The largest absolute Gasteiger partial charge is 0.252 e. The van der Waals surface area contributed by atoms with Crippen LogP contribution in [0.2, 0.25) is 0 Å². The summed E-state index contributed by atoms with van der Waals surface area (Å²) in [7, 11) is 0. The maximum atomic E-state index is 8.73. The second kappa shape index (κ2) is 4.24. The zero-order valence-electron chi connectivity index (χ0n) is 8.29. The van der Waals surface area contributed by atoms with Crippen molar-refractivity contribution in [1.29, 1.82) is 0 Å². The fraction of sp³-hybridized carbons (Fsp3) is 1.00. The van der Waals surface area contributed by atoms with Gasteiger partial charge in [0.15, 0.2) is 0 Å². The molecule has 1 rings (SSSR count). The zero-order valence-corrected chi connectivity index (χ0v) is 8.29. The van der Waals surface area contributed by atoms with Gasteiger partial charge in [-0.2, -0.15) is 0 Å². The Bertz CT molecular complexity index is 134. The summed E-state index contributed by atoms with van der Waals surface area (Å²) in [6.45, 7) is 6.67. The third-order valence-corrected chi connectivity index (χ3v) is 3.14. The molecule has 2 heteroatoms. The van der Waals surface area contributed by atoms with E-state index >= 15 is 0 Å². The molecule has 3 unspecified atom stereocenters. The molecule has 0 aliphatic heterocycles. The first-order valence-electron chi connectivity index (χ1n) is 4.97. The first kappa shape index (κ1) is 10.0. The van der Waals surface area contributed by atoms with Gasteiger partial charge in [0.05, 0.1) is 6.10 Å². The van der Waals surface area contributed by atoms with Gasteiger partial charge < -0.3 is 0 Å². The van der Waals surface area contributed by atoms with E-state index in [-0.39, 0.29) is 6.10 Å². The van der Waals surface area contributed by atoms with Crippen molar-refractivity contribution in [1.82, 2.24) is 0 Å². The minimum atomic E-state index is 0.0775. The number of rotatable bonds is 2. The Morgan fingerprint density at radius 3 is 2.42 bits per heavy atom. The van der Waals surface area contributed by atoms with Gasteiger partial charge in [0, 0.05) is 0 Å². The summed E-state index contributed by atoms with van der Waals surface area (Å²) in [6, 6.07) is 0. The fourth-order valence-corrected chi connectivity index (χ4v) is 2.60. The molecule has 2 nitrogen and oxygen atoms in total. The van der Waals surface area contributed by atoms with Crippen LogP contribution in [0.1, 0.15) is 40.0 Å². The van der Waals surface area contributed by atoms with Crippen molar-refractivity contribution in [2.24, 2.45) is 17.8 Å². The predicted octanol–water partition coefficient (Wildman–Crippen LogP) is 2.94. The molecule has 12 heavy (non-hydrogen) atoms. The number of hydrogen-bond acceptors (Lipinski definition) is 2. The Balaban J connectivity index is 2.59. The molecule has 0 saturated heterocycles. The molecule has 72 valence electrons. The van der Waals surface area contributed by atoms with Gasteiger partial charge in [-0.25, -0.2) is 4.89 Å². The molecule has 1 aliphatic rings. The van der Waals surface area contributed by atoms with E-state index < -0.39 is 0 Å². The summed E-state index contributed by atoms with van der Waals surface area (Å²) in [4.78, 5) is 4.54. The van der Waals surface area contributed by atoms with E-state index in [4.69, 9.17) is 5.26 Å². The monoisotopic (exact) mass is 172 g/mol. The first-order chi connectivity index (χ1) is 5.66. The third kappa shape index (κ3) is 1.99. The molecule has 0 heterocycles. The smallest absolute Gasteiger partial charge is 0.0960 e. The van der Waals surface area contributed by atoms with Crippen molar-refractivity contribution in [3.63, 3.8) is 0 Å². The summed E-state index contributed by atoms with van der Waals surface area (Å²) in [5.74, 6) is 1.83. The van der Waals surface area contributed by atoms with Crippen LogP contribution in [-0.2, 0) is 4.89 Å². The molecule has 0 aromatic rings. The van der Waals surface area contributed by atoms with Crippen LogP contribution in [0.4, 0.5) is 0 Å². The lowest BCUT2D eigenvalue weighted by atomic mass is 9.73. The molecule has 0 amide bonds. The van der Waals surface area contributed by atoms with Gasteiger partial charge in [0.2, 0.25) is 0 Å². The predicted molar refractivity (Wildman–Crippen MR) is 48.8 cm³/mol. The van der Waals surface area contributed by atoms with Crippen LogP contribution in [0.5, 0.6) is 0 Å². The summed E-state index contributed by atoms with van der Waals surface area (Å²) >= 11 is 0. The highest BCUT2D eigenvalue weighted by Gasteiger charge is 2.33.